The number of fused-ring (bicyclic) bond motifs is 1. The third-order valence-corrected chi connectivity index (χ3v) is 5.34. The molecule has 5 heteroatoms. The zero-order valence-electron chi connectivity index (χ0n) is 11.6. The highest BCUT2D eigenvalue weighted by atomic mass is 32.2. The molecule has 0 saturated carbocycles. The SMILES string of the molecule is CC(C)CCS(=O)(=O)N1CCCc2c(N)cccc21. The minimum Gasteiger partial charge on any atom is -0.398 e. The van der Waals surface area contributed by atoms with Crippen LogP contribution in [0, 0.1) is 5.92 Å². The second-order valence-corrected chi connectivity index (χ2v) is 7.53. The van der Waals surface area contributed by atoms with Gasteiger partial charge in [-0.2, -0.15) is 0 Å². The molecule has 0 radical (unpaired) electrons. The van der Waals surface area contributed by atoms with Gasteiger partial charge in [0.2, 0.25) is 10.0 Å². The number of rotatable bonds is 4. The van der Waals surface area contributed by atoms with Crippen molar-refractivity contribution in [1.82, 2.24) is 0 Å². The molecule has 0 atom stereocenters. The summed E-state index contributed by atoms with van der Waals surface area (Å²) in [5, 5.41) is 0. The van der Waals surface area contributed by atoms with Gasteiger partial charge in [0.1, 0.15) is 0 Å². The maximum absolute atomic E-state index is 12.4. The third-order valence-electron chi connectivity index (χ3n) is 3.53. The van der Waals surface area contributed by atoms with E-state index in [1.165, 1.54) is 0 Å². The normalized spacial score (nSPS) is 15.6. The Balaban J connectivity index is 2.31. The molecule has 0 bridgehead atoms. The Hall–Kier alpha value is -1.23. The van der Waals surface area contributed by atoms with Crippen LogP contribution in [0.1, 0.15) is 32.3 Å². The van der Waals surface area contributed by atoms with Gasteiger partial charge in [-0.05, 0) is 42.9 Å². The maximum atomic E-state index is 12.4. The summed E-state index contributed by atoms with van der Waals surface area (Å²) < 4.78 is 26.4. The van der Waals surface area contributed by atoms with E-state index in [2.05, 4.69) is 0 Å². The topological polar surface area (TPSA) is 63.4 Å². The lowest BCUT2D eigenvalue weighted by atomic mass is 10.0. The largest absolute Gasteiger partial charge is 0.398 e. The van der Waals surface area contributed by atoms with E-state index in [4.69, 9.17) is 5.73 Å². The first-order valence-electron chi connectivity index (χ1n) is 6.79. The van der Waals surface area contributed by atoms with Crippen molar-refractivity contribution in [3.05, 3.63) is 23.8 Å². The molecule has 0 saturated heterocycles. The van der Waals surface area contributed by atoms with Gasteiger partial charge in [-0.25, -0.2) is 8.42 Å². The van der Waals surface area contributed by atoms with Crippen molar-refractivity contribution >= 4 is 21.4 Å². The molecule has 106 valence electrons. The summed E-state index contributed by atoms with van der Waals surface area (Å²) in [5.41, 5.74) is 8.39. The highest BCUT2D eigenvalue weighted by Gasteiger charge is 2.28. The molecule has 1 aromatic carbocycles. The Morgan fingerprint density at radius 1 is 1.37 bits per heavy atom. The number of nitrogens with zero attached hydrogens (tertiary/aromatic N) is 1. The van der Waals surface area contributed by atoms with E-state index in [0.717, 1.165) is 24.1 Å². The van der Waals surface area contributed by atoms with Crippen LogP contribution in [0.15, 0.2) is 18.2 Å². The van der Waals surface area contributed by atoms with Crippen LogP contribution >= 0.6 is 0 Å². The van der Waals surface area contributed by atoms with Gasteiger partial charge < -0.3 is 5.73 Å². The van der Waals surface area contributed by atoms with E-state index in [-0.39, 0.29) is 5.75 Å². The van der Waals surface area contributed by atoms with E-state index in [0.29, 0.717) is 24.6 Å². The molecule has 2 N–H and O–H groups in total. The third kappa shape index (κ3) is 3.03. The van der Waals surface area contributed by atoms with Crippen LogP contribution in [-0.4, -0.2) is 20.7 Å². The van der Waals surface area contributed by atoms with E-state index < -0.39 is 10.0 Å². The van der Waals surface area contributed by atoms with Gasteiger partial charge in [0, 0.05) is 12.2 Å². The number of benzene rings is 1. The monoisotopic (exact) mass is 282 g/mol. The average Bonchev–Trinajstić information content (AvgIpc) is 2.36. The van der Waals surface area contributed by atoms with Crippen molar-refractivity contribution in [2.45, 2.75) is 33.1 Å². The molecule has 0 fully saturated rings. The molecular formula is C14H22N2O2S. The molecule has 0 amide bonds. The summed E-state index contributed by atoms with van der Waals surface area (Å²) in [6.07, 6.45) is 2.39. The van der Waals surface area contributed by atoms with Gasteiger partial charge in [-0.1, -0.05) is 19.9 Å². The number of anilines is 2. The van der Waals surface area contributed by atoms with Crippen molar-refractivity contribution in [1.29, 1.82) is 0 Å². The van der Waals surface area contributed by atoms with Gasteiger partial charge in [0.05, 0.1) is 11.4 Å². The number of nitrogen functional groups attached to an aromatic ring is 1. The molecule has 4 nitrogen and oxygen atoms in total. The highest BCUT2D eigenvalue weighted by Crippen LogP contribution is 2.33. The average molecular weight is 282 g/mol. The van der Waals surface area contributed by atoms with Crippen LogP contribution in [0.5, 0.6) is 0 Å². The van der Waals surface area contributed by atoms with Crippen LogP contribution in [-0.2, 0) is 16.4 Å². The second kappa shape index (κ2) is 5.41. The lowest BCUT2D eigenvalue weighted by Crippen LogP contribution is -2.37. The lowest BCUT2D eigenvalue weighted by molar-refractivity contribution is 0.566. The minimum absolute atomic E-state index is 0.207. The first-order valence-corrected chi connectivity index (χ1v) is 8.40. The number of hydrogen-bond donors (Lipinski definition) is 1. The molecule has 0 spiro atoms. The van der Waals surface area contributed by atoms with Crippen LogP contribution in [0.2, 0.25) is 0 Å². The molecule has 1 aromatic rings. The number of nitrogens with two attached hydrogens (primary N) is 1. The summed E-state index contributed by atoms with van der Waals surface area (Å²) in [6, 6.07) is 5.52. The lowest BCUT2D eigenvalue weighted by Gasteiger charge is -2.31. The Kier molecular flexibility index (Phi) is 4.04. The molecule has 0 unspecified atom stereocenters. The Morgan fingerprint density at radius 2 is 2.11 bits per heavy atom. The van der Waals surface area contributed by atoms with Crippen molar-refractivity contribution in [3.8, 4) is 0 Å². The number of sulfonamides is 1. The molecule has 1 aliphatic rings. The maximum Gasteiger partial charge on any atom is 0.235 e. The summed E-state index contributed by atoms with van der Waals surface area (Å²) in [4.78, 5) is 0. The molecule has 1 aliphatic heterocycles. The molecule has 0 aromatic heterocycles. The van der Waals surface area contributed by atoms with Crippen molar-refractivity contribution < 1.29 is 8.42 Å². The zero-order valence-corrected chi connectivity index (χ0v) is 12.4. The molecular weight excluding hydrogens is 260 g/mol. The van der Waals surface area contributed by atoms with Gasteiger partial charge in [-0.15, -0.1) is 0 Å². The summed E-state index contributed by atoms with van der Waals surface area (Å²) in [5.74, 6) is 0.596. The first kappa shape index (κ1) is 14.2. The molecule has 19 heavy (non-hydrogen) atoms. The summed E-state index contributed by atoms with van der Waals surface area (Å²) in [7, 11) is -3.23. The van der Waals surface area contributed by atoms with Gasteiger partial charge in [-0.3, -0.25) is 4.31 Å². The zero-order chi connectivity index (χ0) is 14.0. The van der Waals surface area contributed by atoms with Gasteiger partial charge >= 0.3 is 0 Å². The van der Waals surface area contributed by atoms with Crippen LogP contribution in [0.25, 0.3) is 0 Å². The van der Waals surface area contributed by atoms with Crippen molar-refractivity contribution in [3.63, 3.8) is 0 Å². The summed E-state index contributed by atoms with van der Waals surface area (Å²) in [6.45, 7) is 4.65. The van der Waals surface area contributed by atoms with E-state index >= 15 is 0 Å². The smallest absolute Gasteiger partial charge is 0.235 e. The van der Waals surface area contributed by atoms with E-state index in [1.807, 2.05) is 32.0 Å². The molecule has 2 rings (SSSR count). The Labute approximate surface area is 115 Å². The van der Waals surface area contributed by atoms with Gasteiger partial charge in [0.15, 0.2) is 0 Å². The highest BCUT2D eigenvalue weighted by molar-refractivity contribution is 7.92. The fraction of sp³-hybridized carbons (Fsp3) is 0.571. The predicted molar refractivity (Wildman–Crippen MR) is 79.8 cm³/mol. The fourth-order valence-corrected chi connectivity index (χ4v) is 4.27. The second-order valence-electron chi connectivity index (χ2n) is 5.52. The Morgan fingerprint density at radius 3 is 2.79 bits per heavy atom. The van der Waals surface area contributed by atoms with Crippen LogP contribution in [0.3, 0.4) is 0 Å². The van der Waals surface area contributed by atoms with Crippen molar-refractivity contribution in [2.24, 2.45) is 5.92 Å². The number of hydrogen-bond acceptors (Lipinski definition) is 3. The predicted octanol–water partition coefficient (Wildman–Crippen LogP) is 2.40. The first-order chi connectivity index (χ1) is 8.92. The Bertz CT molecular complexity index is 553. The summed E-state index contributed by atoms with van der Waals surface area (Å²) >= 11 is 0. The van der Waals surface area contributed by atoms with Crippen LogP contribution in [0.4, 0.5) is 11.4 Å². The quantitative estimate of drug-likeness (QED) is 0.862. The minimum atomic E-state index is -3.23. The molecule has 0 aliphatic carbocycles. The van der Waals surface area contributed by atoms with E-state index in [1.54, 1.807) is 4.31 Å². The van der Waals surface area contributed by atoms with Gasteiger partial charge in [0.25, 0.3) is 0 Å². The van der Waals surface area contributed by atoms with Crippen molar-refractivity contribution in [2.75, 3.05) is 22.3 Å². The standard InChI is InChI=1S/C14H22N2O2S/c1-11(2)8-10-19(17,18)16-9-4-5-12-13(15)6-3-7-14(12)16/h3,6-7,11H,4-5,8-10,15H2,1-2H3. The van der Waals surface area contributed by atoms with E-state index in [9.17, 15) is 8.42 Å². The fourth-order valence-electron chi connectivity index (χ4n) is 2.40. The van der Waals surface area contributed by atoms with Crippen LogP contribution < -0.4 is 10.0 Å². The molecule has 1 heterocycles.